The first-order chi connectivity index (χ1) is 14.5. The fourth-order valence-corrected chi connectivity index (χ4v) is 5.06. The molecule has 30 heavy (non-hydrogen) atoms. The molecule has 0 saturated carbocycles. The fraction of sp³-hybridized carbons (Fsp3) is 0.304. The maximum absolute atomic E-state index is 13.2. The van der Waals surface area contributed by atoms with Gasteiger partial charge in [-0.25, -0.2) is 4.79 Å². The number of imide groups is 1. The molecule has 3 aliphatic rings. The normalized spacial score (nSPS) is 25.0. The monoisotopic (exact) mass is 404 g/mol. The number of hydrogen-bond donors (Lipinski definition) is 0. The Morgan fingerprint density at radius 2 is 1.57 bits per heavy atom. The minimum absolute atomic E-state index is 0.156. The van der Waals surface area contributed by atoms with Gasteiger partial charge in [-0.3, -0.25) is 19.3 Å². The molecule has 0 N–H and O–H groups in total. The van der Waals surface area contributed by atoms with Crippen molar-refractivity contribution in [3.63, 3.8) is 0 Å². The van der Waals surface area contributed by atoms with Crippen molar-refractivity contribution in [3.05, 3.63) is 70.8 Å². The van der Waals surface area contributed by atoms with Crippen LogP contribution in [0.1, 0.15) is 50.7 Å². The van der Waals surface area contributed by atoms with E-state index in [1.807, 2.05) is 24.3 Å². The second kappa shape index (κ2) is 6.79. The number of fused-ring (bicyclic) bond motifs is 4. The lowest BCUT2D eigenvalue weighted by atomic mass is 9.93. The Morgan fingerprint density at radius 3 is 2.23 bits per heavy atom. The zero-order valence-electron chi connectivity index (χ0n) is 16.4. The molecule has 3 aliphatic heterocycles. The van der Waals surface area contributed by atoms with Crippen LogP contribution in [-0.2, 0) is 20.7 Å². The Kier molecular flexibility index (Phi) is 4.20. The summed E-state index contributed by atoms with van der Waals surface area (Å²) in [5.41, 5.74) is 2.56. The van der Waals surface area contributed by atoms with Crippen LogP contribution in [0.5, 0.6) is 0 Å². The molecule has 3 heterocycles. The van der Waals surface area contributed by atoms with Crippen molar-refractivity contribution >= 4 is 23.7 Å². The van der Waals surface area contributed by atoms with Crippen LogP contribution in [0.15, 0.2) is 48.5 Å². The summed E-state index contributed by atoms with van der Waals surface area (Å²) in [6, 6.07) is 12.3. The summed E-state index contributed by atoms with van der Waals surface area (Å²) in [6.45, 7) is 0. The fourth-order valence-electron chi connectivity index (χ4n) is 5.06. The first-order valence-corrected chi connectivity index (χ1v) is 9.96. The number of carbonyl (C=O) groups excluding carboxylic acids is 4. The van der Waals surface area contributed by atoms with Crippen molar-refractivity contribution in [2.75, 3.05) is 7.11 Å². The Hall–Kier alpha value is -3.48. The molecular weight excluding hydrogens is 384 g/mol. The number of benzene rings is 2. The largest absolute Gasteiger partial charge is 0.467 e. The predicted molar refractivity (Wildman–Crippen MR) is 106 cm³/mol. The van der Waals surface area contributed by atoms with E-state index in [0.29, 0.717) is 17.5 Å². The van der Waals surface area contributed by atoms with Crippen LogP contribution in [0.2, 0.25) is 0 Å². The zero-order valence-corrected chi connectivity index (χ0v) is 16.4. The van der Waals surface area contributed by atoms with Crippen LogP contribution in [0, 0.1) is 0 Å². The van der Waals surface area contributed by atoms with E-state index in [0.717, 1.165) is 11.1 Å². The molecule has 152 valence electrons. The maximum Gasteiger partial charge on any atom is 0.328 e. The van der Waals surface area contributed by atoms with E-state index in [4.69, 9.17) is 4.74 Å². The predicted octanol–water partition coefficient (Wildman–Crippen LogP) is 2.11. The van der Waals surface area contributed by atoms with Gasteiger partial charge in [-0.2, -0.15) is 0 Å². The smallest absolute Gasteiger partial charge is 0.328 e. The molecule has 0 aromatic heterocycles. The third kappa shape index (κ3) is 2.51. The van der Waals surface area contributed by atoms with E-state index in [9.17, 15) is 19.2 Å². The highest BCUT2D eigenvalue weighted by atomic mass is 16.5. The zero-order chi connectivity index (χ0) is 21.0. The molecule has 7 heteroatoms. The third-order valence-electron chi connectivity index (χ3n) is 6.36. The van der Waals surface area contributed by atoms with E-state index in [2.05, 4.69) is 0 Å². The van der Waals surface area contributed by atoms with Crippen LogP contribution in [0.4, 0.5) is 0 Å². The van der Waals surface area contributed by atoms with Gasteiger partial charge in [0.15, 0.2) is 0 Å². The summed E-state index contributed by atoms with van der Waals surface area (Å²) in [7, 11) is 1.28. The number of aryl methyl sites for hydroxylation is 1. The number of carbonyl (C=O) groups is 4. The van der Waals surface area contributed by atoms with E-state index in [1.165, 1.54) is 16.9 Å². The lowest BCUT2D eigenvalue weighted by molar-refractivity contribution is -0.152. The van der Waals surface area contributed by atoms with Crippen LogP contribution in [0.3, 0.4) is 0 Å². The minimum Gasteiger partial charge on any atom is -0.467 e. The van der Waals surface area contributed by atoms with Crippen molar-refractivity contribution in [1.29, 1.82) is 0 Å². The van der Waals surface area contributed by atoms with Gasteiger partial charge >= 0.3 is 5.97 Å². The highest BCUT2D eigenvalue weighted by Crippen LogP contribution is 2.45. The maximum atomic E-state index is 13.2. The summed E-state index contributed by atoms with van der Waals surface area (Å²) in [5.74, 6) is -1.49. The molecule has 0 radical (unpaired) electrons. The highest BCUT2D eigenvalue weighted by molar-refractivity contribution is 6.21. The van der Waals surface area contributed by atoms with Gasteiger partial charge in [-0.1, -0.05) is 36.4 Å². The Bertz CT molecular complexity index is 1060. The van der Waals surface area contributed by atoms with E-state index in [-0.39, 0.29) is 30.6 Å². The SMILES string of the molecule is COC(=O)[C@@H]1C[C@H](N2C(=O)c3ccccc3C2=O)C2c3ccccc3CCC(=O)N21. The second-order valence-corrected chi connectivity index (χ2v) is 7.81. The first kappa shape index (κ1) is 18.5. The molecule has 2 aromatic carbocycles. The molecule has 1 unspecified atom stereocenters. The third-order valence-corrected chi connectivity index (χ3v) is 6.36. The Morgan fingerprint density at radius 1 is 0.933 bits per heavy atom. The average molecular weight is 404 g/mol. The van der Waals surface area contributed by atoms with Gasteiger partial charge in [0.25, 0.3) is 11.8 Å². The number of nitrogens with zero attached hydrogens (tertiary/aromatic N) is 2. The number of amides is 3. The van der Waals surface area contributed by atoms with Crippen molar-refractivity contribution in [2.45, 2.75) is 37.4 Å². The highest BCUT2D eigenvalue weighted by Gasteiger charge is 2.55. The average Bonchev–Trinajstić information content (AvgIpc) is 3.22. The number of hydrogen-bond acceptors (Lipinski definition) is 5. The lowest BCUT2D eigenvalue weighted by Gasteiger charge is -2.32. The van der Waals surface area contributed by atoms with Gasteiger partial charge < -0.3 is 9.64 Å². The molecule has 2 aromatic rings. The summed E-state index contributed by atoms with van der Waals surface area (Å²) >= 11 is 0. The molecule has 3 atom stereocenters. The molecular formula is C23H20N2O5. The number of rotatable bonds is 2. The summed E-state index contributed by atoms with van der Waals surface area (Å²) < 4.78 is 4.97. The number of methoxy groups -OCH3 is 1. The molecule has 0 spiro atoms. The van der Waals surface area contributed by atoms with Gasteiger partial charge in [0.2, 0.25) is 5.91 Å². The van der Waals surface area contributed by atoms with Crippen LogP contribution < -0.4 is 0 Å². The topological polar surface area (TPSA) is 84.0 Å². The lowest BCUT2D eigenvalue weighted by Crippen LogP contribution is -2.45. The molecule has 0 aliphatic carbocycles. The van der Waals surface area contributed by atoms with Crippen molar-refractivity contribution < 1.29 is 23.9 Å². The summed E-state index contributed by atoms with van der Waals surface area (Å²) in [6.07, 6.45) is 0.962. The summed E-state index contributed by atoms with van der Waals surface area (Å²) in [4.78, 5) is 54.8. The van der Waals surface area contributed by atoms with Gasteiger partial charge in [-0.15, -0.1) is 0 Å². The number of esters is 1. The standard InChI is InChI=1S/C23H20N2O5/c1-30-23(29)18-12-17(25-21(27)15-8-4-5-9-16(15)22(25)28)20-14-7-3-2-6-13(14)10-11-19(26)24(18)20/h2-9,17-18,20H,10-12H2,1H3/t17-,18-,20?/m0/s1. The molecule has 1 fully saturated rings. The van der Waals surface area contributed by atoms with Crippen LogP contribution >= 0.6 is 0 Å². The quantitative estimate of drug-likeness (QED) is 0.566. The van der Waals surface area contributed by atoms with Crippen LogP contribution in [-0.4, -0.2) is 52.7 Å². The first-order valence-electron chi connectivity index (χ1n) is 9.96. The van der Waals surface area contributed by atoms with E-state index in [1.54, 1.807) is 24.3 Å². The van der Waals surface area contributed by atoms with Gasteiger partial charge in [0.1, 0.15) is 6.04 Å². The minimum atomic E-state index is -0.840. The van der Waals surface area contributed by atoms with Crippen molar-refractivity contribution in [3.8, 4) is 0 Å². The summed E-state index contributed by atoms with van der Waals surface area (Å²) in [5, 5.41) is 0. The van der Waals surface area contributed by atoms with E-state index >= 15 is 0 Å². The molecule has 0 bridgehead atoms. The van der Waals surface area contributed by atoms with E-state index < -0.39 is 24.1 Å². The number of ether oxygens (including phenoxy) is 1. The molecule has 3 amide bonds. The van der Waals surface area contributed by atoms with Gasteiger partial charge in [0.05, 0.1) is 30.3 Å². The van der Waals surface area contributed by atoms with Crippen LogP contribution in [0.25, 0.3) is 0 Å². The van der Waals surface area contributed by atoms with Gasteiger partial charge in [0, 0.05) is 12.8 Å². The van der Waals surface area contributed by atoms with Crippen molar-refractivity contribution in [2.24, 2.45) is 0 Å². The molecule has 5 rings (SSSR count). The molecule has 1 saturated heterocycles. The second-order valence-electron chi connectivity index (χ2n) is 7.81. The Balaban J connectivity index is 1.66. The van der Waals surface area contributed by atoms with Crippen molar-refractivity contribution in [1.82, 2.24) is 9.80 Å². The molecule has 7 nitrogen and oxygen atoms in total. The Labute approximate surface area is 173 Å². The van der Waals surface area contributed by atoms with Gasteiger partial charge in [-0.05, 0) is 29.7 Å².